The summed E-state index contributed by atoms with van der Waals surface area (Å²) < 4.78 is 6.16. The van der Waals surface area contributed by atoms with Gasteiger partial charge in [0, 0.05) is 5.69 Å². The maximum absolute atomic E-state index is 13.0. The molecule has 0 spiro atoms. The molecule has 0 aliphatic carbocycles. The van der Waals surface area contributed by atoms with E-state index in [1.807, 2.05) is 74.5 Å². The summed E-state index contributed by atoms with van der Waals surface area (Å²) in [5.74, 6) is 0.143. The molecule has 0 atom stereocenters. The van der Waals surface area contributed by atoms with Crippen molar-refractivity contribution in [3.63, 3.8) is 0 Å². The van der Waals surface area contributed by atoms with E-state index in [1.165, 1.54) is 11.8 Å². The van der Waals surface area contributed by atoms with Crippen LogP contribution in [0, 0.1) is 13.8 Å². The number of nitrogens with one attached hydrogen (secondary N) is 1. The number of para-hydroxylation sites is 1. The zero-order chi connectivity index (χ0) is 23.4. The van der Waals surface area contributed by atoms with E-state index in [-0.39, 0.29) is 18.4 Å². The fourth-order valence-corrected chi connectivity index (χ4v) is 4.58. The average molecular weight is 475 g/mol. The molecule has 1 heterocycles. The largest absolute Gasteiger partial charge is 0.484 e. The SMILES string of the molecule is Cc1ccc(N2C(=O)/C(=C/c3cccc(OCC(=O)Nc4ccccc4C)c3)SC2=S)cc1. The topological polar surface area (TPSA) is 58.6 Å². The Morgan fingerprint density at radius 1 is 1.06 bits per heavy atom. The van der Waals surface area contributed by atoms with Gasteiger partial charge in [-0.25, -0.2) is 0 Å². The molecule has 3 aromatic rings. The molecule has 0 saturated carbocycles. The van der Waals surface area contributed by atoms with E-state index in [9.17, 15) is 9.59 Å². The third-order valence-electron chi connectivity index (χ3n) is 5.03. The van der Waals surface area contributed by atoms with Gasteiger partial charge in [0.15, 0.2) is 10.9 Å². The van der Waals surface area contributed by atoms with Gasteiger partial charge in [0.25, 0.3) is 11.8 Å². The second-order valence-electron chi connectivity index (χ2n) is 7.58. The number of anilines is 2. The number of hydrogen-bond acceptors (Lipinski definition) is 5. The van der Waals surface area contributed by atoms with Crippen molar-refractivity contribution in [3.05, 3.63) is 94.4 Å². The maximum Gasteiger partial charge on any atom is 0.270 e. The first-order valence-corrected chi connectivity index (χ1v) is 11.6. The Hall–Kier alpha value is -3.42. The number of amides is 2. The molecule has 166 valence electrons. The third kappa shape index (κ3) is 5.50. The zero-order valence-electron chi connectivity index (χ0n) is 18.2. The highest BCUT2D eigenvalue weighted by Gasteiger charge is 2.33. The van der Waals surface area contributed by atoms with E-state index in [0.29, 0.717) is 15.0 Å². The lowest BCUT2D eigenvalue weighted by Crippen LogP contribution is -2.27. The molecule has 5 nitrogen and oxygen atoms in total. The molecule has 3 aromatic carbocycles. The van der Waals surface area contributed by atoms with Gasteiger partial charge in [0.1, 0.15) is 5.75 Å². The second-order valence-corrected chi connectivity index (χ2v) is 9.25. The minimum atomic E-state index is -0.242. The van der Waals surface area contributed by atoms with E-state index >= 15 is 0 Å². The van der Waals surface area contributed by atoms with E-state index in [2.05, 4.69) is 5.32 Å². The van der Waals surface area contributed by atoms with Gasteiger partial charge in [0.2, 0.25) is 0 Å². The number of carbonyl (C=O) groups is 2. The fraction of sp³-hybridized carbons (Fsp3) is 0.115. The Kier molecular flexibility index (Phi) is 6.91. The molecule has 4 rings (SSSR count). The number of benzene rings is 3. The number of nitrogens with zero attached hydrogens (tertiary/aromatic N) is 1. The van der Waals surface area contributed by atoms with Gasteiger partial charge in [-0.15, -0.1) is 0 Å². The molecule has 2 amide bonds. The lowest BCUT2D eigenvalue weighted by Gasteiger charge is -2.14. The summed E-state index contributed by atoms with van der Waals surface area (Å²) in [5, 5.41) is 2.84. The van der Waals surface area contributed by atoms with Gasteiger partial charge in [-0.1, -0.05) is 72.0 Å². The summed E-state index contributed by atoms with van der Waals surface area (Å²) in [6.45, 7) is 3.81. The predicted octanol–water partition coefficient (Wildman–Crippen LogP) is 5.73. The maximum atomic E-state index is 13.0. The molecule has 0 radical (unpaired) electrons. The molecule has 1 aliphatic rings. The number of aryl methyl sites for hydroxylation is 2. The minimum absolute atomic E-state index is 0.118. The van der Waals surface area contributed by atoms with E-state index in [1.54, 1.807) is 23.1 Å². The number of rotatable bonds is 6. The Balaban J connectivity index is 1.43. The van der Waals surface area contributed by atoms with Crippen molar-refractivity contribution < 1.29 is 14.3 Å². The van der Waals surface area contributed by atoms with Gasteiger partial charge < -0.3 is 10.1 Å². The van der Waals surface area contributed by atoms with Crippen molar-refractivity contribution in [2.24, 2.45) is 0 Å². The van der Waals surface area contributed by atoms with Gasteiger partial charge >= 0.3 is 0 Å². The number of hydrogen-bond donors (Lipinski definition) is 1. The third-order valence-corrected chi connectivity index (χ3v) is 6.33. The van der Waals surface area contributed by atoms with Crippen LogP contribution in [0.1, 0.15) is 16.7 Å². The molecule has 1 saturated heterocycles. The predicted molar refractivity (Wildman–Crippen MR) is 139 cm³/mol. The zero-order valence-corrected chi connectivity index (χ0v) is 19.8. The van der Waals surface area contributed by atoms with Gasteiger partial charge in [-0.3, -0.25) is 14.5 Å². The van der Waals surface area contributed by atoms with Crippen LogP contribution in [0.5, 0.6) is 5.75 Å². The molecule has 0 bridgehead atoms. The van der Waals surface area contributed by atoms with E-state index in [4.69, 9.17) is 17.0 Å². The van der Waals surface area contributed by atoms with Crippen LogP contribution in [0.25, 0.3) is 6.08 Å². The summed E-state index contributed by atoms with van der Waals surface area (Å²) in [5.41, 5.74) is 4.40. The highest BCUT2D eigenvalue weighted by atomic mass is 32.2. The van der Waals surface area contributed by atoms with Crippen molar-refractivity contribution in [1.82, 2.24) is 0 Å². The molecular formula is C26H22N2O3S2. The first-order chi connectivity index (χ1) is 15.9. The van der Waals surface area contributed by atoms with Crippen molar-refractivity contribution in [3.8, 4) is 5.75 Å². The van der Waals surface area contributed by atoms with Crippen LogP contribution >= 0.6 is 24.0 Å². The van der Waals surface area contributed by atoms with Crippen molar-refractivity contribution >= 4 is 57.6 Å². The molecule has 0 aromatic heterocycles. The summed E-state index contributed by atoms with van der Waals surface area (Å²) in [7, 11) is 0. The van der Waals surface area contributed by atoms with Gasteiger partial charge in [-0.2, -0.15) is 0 Å². The Morgan fingerprint density at radius 2 is 1.82 bits per heavy atom. The van der Waals surface area contributed by atoms with Crippen molar-refractivity contribution in [2.45, 2.75) is 13.8 Å². The average Bonchev–Trinajstić information content (AvgIpc) is 3.07. The van der Waals surface area contributed by atoms with E-state index < -0.39 is 0 Å². The van der Waals surface area contributed by atoms with Crippen LogP contribution in [0.4, 0.5) is 11.4 Å². The number of ether oxygens (including phenoxy) is 1. The molecule has 0 unspecified atom stereocenters. The van der Waals surface area contributed by atoms with Crippen LogP contribution in [-0.2, 0) is 9.59 Å². The smallest absolute Gasteiger partial charge is 0.270 e. The molecule has 1 aliphatic heterocycles. The molecule has 33 heavy (non-hydrogen) atoms. The monoisotopic (exact) mass is 474 g/mol. The fourth-order valence-electron chi connectivity index (χ4n) is 3.28. The van der Waals surface area contributed by atoms with Crippen LogP contribution in [0.15, 0.2) is 77.7 Å². The van der Waals surface area contributed by atoms with Crippen LogP contribution < -0.4 is 15.0 Å². The molecular weight excluding hydrogens is 452 g/mol. The Bertz CT molecular complexity index is 1250. The first-order valence-electron chi connectivity index (χ1n) is 10.3. The lowest BCUT2D eigenvalue weighted by atomic mass is 10.2. The van der Waals surface area contributed by atoms with Crippen LogP contribution in [-0.4, -0.2) is 22.7 Å². The molecule has 7 heteroatoms. The van der Waals surface area contributed by atoms with Crippen molar-refractivity contribution in [1.29, 1.82) is 0 Å². The summed E-state index contributed by atoms with van der Waals surface area (Å²) in [6, 6.07) is 22.5. The van der Waals surface area contributed by atoms with Gasteiger partial charge in [-0.05, 0) is 61.4 Å². The lowest BCUT2D eigenvalue weighted by molar-refractivity contribution is -0.118. The standard InChI is InChI=1S/C26H22N2O3S2/c1-17-10-12-20(13-11-17)28-25(30)23(33-26(28)32)15-19-7-5-8-21(14-19)31-16-24(29)27-22-9-4-3-6-18(22)2/h3-15H,16H2,1-2H3,(H,27,29)/b23-15-. The summed E-state index contributed by atoms with van der Waals surface area (Å²) >= 11 is 6.71. The highest BCUT2D eigenvalue weighted by molar-refractivity contribution is 8.27. The van der Waals surface area contributed by atoms with Gasteiger partial charge in [0.05, 0.1) is 10.6 Å². The summed E-state index contributed by atoms with van der Waals surface area (Å²) in [6.07, 6.45) is 1.79. The Labute approximate surface area is 202 Å². The first kappa shape index (κ1) is 22.8. The van der Waals surface area contributed by atoms with Crippen molar-refractivity contribution in [2.75, 3.05) is 16.8 Å². The number of thioether (sulfide) groups is 1. The quantitative estimate of drug-likeness (QED) is 0.365. The number of carbonyl (C=O) groups excluding carboxylic acids is 2. The van der Waals surface area contributed by atoms with Crippen LogP contribution in [0.2, 0.25) is 0 Å². The molecule has 1 N–H and O–H groups in total. The summed E-state index contributed by atoms with van der Waals surface area (Å²) in [4.78, 5) is 27.3. The Morgan fingerprint density at radius 3 is 2.58 bits per heavy atom. The normalized spacial score (nSPS) is 14.6. The molecule has 1 fully saturated rings. The second kappa shape index (κ2) is 10.0. The minimum Gasteiger partial charge on any atom is -0.484 e. The van der Waals surface area contributed by atoms with E-state index in [0.717, 1.165) is 28.1 Å². The van der Waals surface area contributed by atoms with Crippen LogP contribution in [0.3, 0.4) is 0 Å². The highest BCUT2D eigenvalue weighted by Crippen LogP contribution is 2.36. The number of thiocarbonyl (C=S) groups is 1.